The van der Waals surface area contributed by atoms with Crippen molar-refractivity contribution in [3.05, 3.63) is 58.0 Å². The van der Waals surface area contributed by atoms with Crippen molar-refractivity contribution >= 4 is 21.8 Å². The first-order valence-electron chi connectivity index (χ1n) is 12.0. The molecule has 36 heavy (non-hydrogen) atoms. The fourth-order valence-corrected chi connectivity index (χ4v) is 6.01. The number of benzene rings is 1. The Kier molecular flexibility index (Phi) is 5.36. The number of fused-ring (bicyclic) bond motifs is 1. The molecule has 2 N–H and O–H groups in total. The molecule has 3 aliphatic rings. The fourth-order valence-electron chi connectivity index (χ4n) is 5.31. The summed E-state index contributed by atoms with van der Waals surface area (Å²) in [4.78, 5) is 26.3. The number of aromatic nitrogens is 1. The molecule has 6 nitrogen and oxygen atoms in total. The van der Waals surface area contributed by atoms with Gasteiger partial charge in [0.15, 0.2) is 0 Å². The van der Waals surface area contributed by atoms with Gasteiger partial charge in [-0.15, -0.1) is 0 Å². The Hall–Kier alpha value is -2.60. The normalized spacial score (nSPS) is 26.8. The van der Waals surface area contributed by atoms with Gasteiger partial charge in [-0.25, -0.2) is 0 Å². The molecule has 2 aromatic rings. The van der Waals surface area contributed by atoms with Crippen LogP contribution in [0.15, 0.2) is 46.2 Å². The average molecular weight is 533 g/mol. The van der Waals surface area contributed by atoms with E-state index in [4.69, 9.17) is 0 Å². The van der Waals surface area contributed by atoms with Crippen molar-refractivity contribution in [2.24, 2.45) is 11.8 Å². The van der Waals surface area contributed by atoms with Crippen molar-refractivity contribution in [3.63, 3.8) is 0 Å². The van der Waals surface area contributed by atoms with E-state index in [0.717, 1.165) is 38.4 Å². The van der Waals surface area contributed by atoms with Gasteiger partial charge in [0.05, 0.1) is 17.3 Å². The molecule has 0 spiro atoms. The predicted molar refractivity (Wildman–Crippen MR) is 129 cm³/mol. The van der Waals surface area contributed by atoms with Crippen molar-refractivity contribution in [2.75, 3.05) is 25.5 Å². The molecule has 1 aromatic carbocycles. The minimum absolute atomic E-state index is 0.00125. The lowest BCUT2D eigenvalue weighted by Crippen LogP contribution is -2.33. The number of halogens is 5. The van der Waals surface area contributed by atoms with Gasteiger partial charge in [0, 0.05) is 37.4 Å². The summed E-state index contributed by atoms with van der Waals surface area (Å²) >= 11 is 0. The first-order chi connectivity index (χ1) is 16.6. The molecular weight excluding hydrogens is 503 g/mol. The van der Waals surface area contributed by atoms with E-state index in [1.807, 2.05) is 7.05 Å². The van der Waals surface area contributed by atoms with Crippen LogP contribution in [0.25, 0.3) is 0 Å². The van der Waals surface area contributed by atoms with Crippen LogP contribution in [0.2, 0.25) is 0 Å². The van der Waals surface area contributed by atoms with Crippen LogP contribution in [0.5, 0.6) is 0 Å². The summed E-state index contributed by atoms with van der Waals surface area (Å²) in [6.07, 6.45) is 4.14. The molecular formula is C24H29F5N4O2S. The second-order valence-corrected chi connectivity index (χ2v) is 12.8. The van der Waals surface area contributed by atoms with E-state index in [2.05, 4.69) is 15.5 Å². The number of piperidine rings is 1. The lowest BCUT2D eigenvalue weighted by Gasteiger charge is -2.40. The second kappa shape index (κ2) is 7.70. The molecule has 4 atom stereocenters. The number of nitrogens with zero attached hydrogens (tertiary/aromatic N) is 2. The summed E-state index contributed by atoms with van der Waals surface area (Å²) in [5, 5.41) is 5.97. The minimum atomic E-state index is -9.86. The monoisotopic (exact) mass is 532 g/mol. The molecule has 5 rings (SSSR count). The summed E-state index contributed by atoms with van der Waals surface area (Å²) in [6, 6.07) is 3.43. The third kappa shape index (κ3) is 4.84. The van der Waals surface area contributed by atoms with Crippen LogP contribution in [0.1, 0.15) is 54.2 Å². The molecule has 3 fully saturated rings. The second-order valence-electron chi connectivity index (χ2n) is 10.4. The summed E-state index contributed by atoms with van der Waals surface area (Å²) in [5.41, 5.74) is 0.257. The zero-order valence-corrected chi connectivity index (χ0v) is 20.7. The summed E-state index contributed by atoms with van der Waals surface area (Å²) in [5.74, 6) is 0.251. The molecule has 2 aliphatic carbocycles. The lowest BCUT2D eigenvalue weighted by atomic mass is 9.92. The van der Waals surface area contributed by atoms with E-state index in [9.17, 15) is 29.0 Å². The first-order valence-corrected chi connectivity index (χ1v) is 13.9. The van der Waals surface area contributed by atoms with Crippen molar-refractivity contribution in [2.45, 2.75) is 49.2 Å². The molecule has 1 aliphatic heterocycles. The Morgan fingerprint density at radius 2 is 1.75 bits per heavy atom. The molecule has 1 aromatic heterocycles. The maximum absolute atomic E-state index is 13.3. The topological polar surface area (TPSA) is 66.4 Å². The maximum atomic E-state index is 13.3. The highest BCUT2D eigenvalue weighted by molar-refractivity contribution is 8.45. The van der Waals surface area contributed by atoms with Crippen LogP contribution < -0.4 is 16.2 Å². The van der Waals surface area contributed by atoms with Crippen LogP contribution in [0.4, 0.5) is 25.1 Å². The predicted octanol–water partition coefficient (Wildman–Crippen LogP) is 5.69. The number of likely N-dealkylation sites (tertiary alicyclic amines) is 1. The number of carbonyl (C=O) groups is 1. The molecule has 198 valence electrons. The zero-order chi connectivity index (χ0) is 26.1. The van der Waals surface area contributed by atoms with E-state index in [0.29, 0.717) is 29.7 Å². The number of hydrogen-bond acceptors (Lipinski definition) is 4. The molecule has 1 unspecified atom stereocenters. The standard InChI is InChI=1S/C24H29F5N4O2S/c1-14(15-5-3-8-17(9-15)36(25,26,27,28)29)30-24(35)20-13-33(16-6-4-7-16)22(34)10-21(20)31-23-18-11-32(2)12-19(18)23/h3,5,8-10,13-14,16,18-19,23,31H,4,6-7,11-12H2,1-2H3,(H,30,35)/t14-,18-,19+,23?/m1/s1. The van der Waals surface area contributed by atoms with E-state index in [1.165, 1.54) is 29.8 Å². The molecule has 0 bridgehead atoms. The third-order valence-corrected chi connectivity index (χ3v) is 8.79. The van der Waals surface area contributed by atoms with Crippen molar-refractivity contribution in [1.29, 1.82) is 0 Å². The highest BCUT2D eigenvalue weighted by Crippen LogP contribution is 3.02. The van der Waals surface area contributed by atoms with Crippen LogP contribution in [-0.4, -0.2) is 41.6 Å². The molecule has 1 amide bonds. The van der Waals surface area contributed by atoms with Crippen LogP contribution in [0, 0.1) is 11.8 Å². The number of rotatable bonds is 7. The maximum Gasteiger partial charge on any atom is 0.310 e. The highest BCUT2D eigenvalue weighted by atomic mass is 32.5. The van der Waals surface area contributed by atoms with Gasteiger partial charge in [-0.05, 0) is 62.8 Å². The van der Waals surface area contributed by atoms with Gasteiger partial charge in [-0.2, -0.15) is 0 Å². The van der Waals surface area contributed by atoms with Crippen molar-refractivity contribution in [3.8, 4) is 0 Å². The number of hydrogen-bond donors (Lipinski definition) is 2. The largest absolute Gasteiger partial charge is 0.381 e. The SMILES string of the molecule is C[C@@H](NC(=O)c1cn(C2CCC2)c(=O)cc1NC1[C@H]2CN(C)C[C@@H]12)c1cccc(S(F)(F)(F)(F)F)c1. The number of pyridine rings is 1. The minimum Gasteiger partial charge on any atom is -0.381 e. The van der Waals surface area contributed by atoms with E-state index >= 15 is 0 Å². The summed E-state index contributed by atoms with van der Waals surface area (Å²) in [7, 11) is -7.82. The zero-order valence-electron chi connectivity index (χ0n) is 19.9. The van der Waals surface area contributed by atoms with E-state index in [-0.39, 0.29) is 28.8 Å². The highest BCUT2D eigenvalue weighted by Gasteiger charge is 2.65. The molecule has 2 heterocycles. The van der Waals surface area contributed by atoms with Gasteiger partial charge in [0.2, 0.25) is 0 Å². The van der Waals surface area contributed by atoms with Gasteiger partial charge >= 0.3 is 10.2 Å². The average Bonchev–Trinajstić information content (AvgIpc) is 3.17. The van der Waals surface area contributed by atoms with Crippen LogP contribution in [0.3, 0.4) is 0 Å². The van der Waals surface area contributed by atoms with Crippen LogP contribution in [-0.2, 0) is 0 Å². The Labute approximate surface area is 205 Å². The Bertz CT molecular complexity index is 1270. The van der Waals surface area contributed by atoms with Gasteiger partial charge in [-0.3, -0.25) is 9.59 Å². The quantitative estimate of drug-likeness (QED) is 0.450. The van der Waals surface area contributed by atoms with Gasteiger partial charge in [-0.1, -0.05) is 31.6 Å². The Morgan fingerprint density at radius 3 is 2.33 bits per heavy atom. The lowest BCUT2D eigenvalue weighted by molar-refractivity contribution is 0.0939. The van der Waals surface area contributed by atoms with Crippen molar-refractivity contribution < 1.29 is 24.2 Å². The molecule has 2 saturated carbocycles. The number of carbonyl (C=O) groups excluding carboxylic acids is 1. The van der Waals surface area contributed by atoms with E-state index < -0.39 is 27.1 Å². The van der Waals surface area contributed by atoms with Crippen LogP contribution >= 0.6 is 10.2 Å². The molecule has 12 heteroatoms. The van der Waals surface area contributed by atoms with Gasteiger partial charge < -0.3 is 20.1 Å². The van der Waals surface area contributed by atoms with Crippen molar-refractivity contribution in [1.82, 2.24) is 14.8 Å². The Morgan fingerprint density at radius 1 is 1.08 bits per heavy atom. The number of amides is 1. The molecule has 1 saturated heterocycles. The summed E-state index contributed by atoms with van der Waals surface area (Å²) in [6.45, 7) is 3.27. The van der Waals surface area contributed by atoms with Gasteiger partial charge in [0.25, 0.3) is 11.5 Å². The number of nitrogens with one attached hydrogen (secondary N) is 2. The smallest absolute Gasteiger partial charge is 0.310 e. The number of anilines is 1. The van der Waals surface area contributed by atoms with E-state index in [1.54, 1.807) is 0 Å². The first kappa shape index (κ1) is 25.1. The Balaban J connectivity index is 1.41. The molecule has 0 radical (unpaired) electrons. The van der Waals surface area contributed by atoms with Gasteiger partial charge in [0.1, 0.15) is 4.90 Å². The third-order valence-electron chi connectivity index (χ3n) is 7.64. The fraction of sp³-hybridized carbons (Fsp3) is 0.500. The summed E-state index contributed by atoms with van der Waals surface area (Å²) < 4.78 is 68.0.